The fourth-order valence-electron chi connectivity index (χ4n) is 3.73. The van der Waals surface area contributed by atoms with Crippen LogP contribution in [0.2, 0.25) is 0 Å². The molecule has 1 N–H and O–H groups in total. The summed E-state index contributed by atoms with van der Waals surface area (Å²) in [4.78, 5) is 48.7. The number of nitro groups is 1. The third-order valence-electron chi connectivity index (χ3n) is 5.26. The number of benzene rings is 2. The summed E-state index contributed by atoms with van der Waals surface area (Å²) in [7, 11) is 0. The van der Waals surface area contributed by atoms with Gasteiger partial charge in [0, 0.05) is 36.1 Å². The number of aryl methyl sites for hydroxylation is 1. The summed E-state index contributed by atoms with van der Waals surface area (Å²) in [6.45, 7) is 1.65. The van der Waals surface area contributed by atoms with Gasteiger partial charge in [-0.3, -0.25) is 24.5 Å². The first-order valence-electron chi connectivity index (χ1n) is 9.72. The third kappa shape index (κ3) is 3.75. The molecule has 0 saturated carbocycles. The number of carbonyl (C=O) groups excluding carboxylic acids is 3. The molecule has 0 atom stereocenters. The molecule has 8 heteroatoms. The molecule has 3 aromatic rings. The normalized spacial score (nSPS) is 12.9. The molecule has 1 heterocycles. The molecule has 0 fully saturated rings. The van der Waals surface area contributed by atoms with Gasteiger partial charge in [0.2, 0.25) is 0 Å². The maximum absolute atomic E-state index is 13.0. The monoisotopic (exact) mass is 418 g/mol. The molecule has 0 aliphatic heterocycles. The SMILES string of the molecule is Cc1c(C(=O)Nc2ccc([N+](=O)[O-])cc2C(=O)c2ccccc2)oc2c1C(=O)CCC2. The van der Waals surface area contributed by atoms with E-state index >= 15 is 0 Å². The molecular formula is C23H18N2O6. The Hall–Kier alpha value is -4.07. The number of Topliss-reactive ketones (excluding diaryl/α,β-unsaturated/α-hetero) is 1. The summed E-state index contributed by atoms with van der Waals surface area (Å²) in [5, 5.41) is 13.8. The number of hydrogen-bond donors (Lipinski definition) is 1. The number of amides is 1. The summed E-state index contributed by atoms with van der Waals surface area (Å²) >= 11 is 0. The minimum absolute atomic E-state index is 0.00304. The summed E-state index contributed by atoms with van der Waals surface area (Å²) in [6.07, 6.45) is 1.65. The summed E-state index contributed by atoms with van der Waals surface area (Å²) in [5.41, 5.74) is 1.06. The Morgan fingerprint density at radius 1 is 1.10 bits per heavy atom. The number of furan rings is 1. The molecule has 2 aromatic carbocycles. The number of nitrogens with zero attached hydrogens (tertiary/aromatic N) is 1. The molecule has 0 unspecified atom stereocenters. The number of anilines is 1. The van der Waals surface area contributed by atoms with Gasteiger partial charge in [0.25, 0.3) is 11.6 Å². The van der Waals surface area contributed by atoms with Crippen LogP contribution in [0.3, 0.4) is 0 Å². The van der Waals surface area contributed by atoms with Gasteiger partial charge < -0.3 is 9.73 Å². The van der Waals surface area contributed by atoms with Crippen LogP contribution in [0.4, 0.5) is 11.4 Å². The fourth-order valence-corrected chi connectivity index (χ4v) is 3.73. The predicted octanol–water partition coefficient (Wildman–Crippen LogP) is 4.50. The number of carbonyl (C=O) groups is 3. The smallest absolute Gasteiger partial charge is 0.291 e. The van der Waals surface area contributed by atoms with Crippen molar-refractivity contribution >= 4 is 28.8 Å². The van der Waals surface area contributed by atoms with Crippen molar-refractivity contribution in [1.82, 2.24) is 0 Å². The Labute approximate surface area is 177 Å². The van der Waals surface area contributed by atoms with Gasteiger partial charge in [0.1, 0.15) is 5.76 Å². The Morgan fingerprint density at radius 2 is 1.84 bits per heavy atom. The molecule has 0 saturated heterocycles. The van der Waals surface area contributed by atoms with E-state index in [0.29, 0.717) is 41.7 Å². The highest BCUT2D eigenvalue weighted by Gasteiger charge is 2.29. The molecule has 0 spiro atoms. The van der Waals surface area contributed by atoms with E-state index in [1.807, 2.05) is 0 Å². The van der Waals surface area contributed by atoms with Crippen LogP contribution in [0, 0.1) is 17.0 Å². The Kier molecular flexibility index (Phi) is 5.21. The van der Waals surface area contributed by atoms with E-state index in [4.69, 9.17) is 4.42 Å². The van der Waals surface area contributed by atoms with Gasteiger partial charge in [-0.25, -0.2) is 0 Å². The quantitative estimate of drug-likeness (QED) is 0.370. The largest absolute Gasteiger partial charge is 0.455 e. The number of hydrogen-bond acceptors (Lipinski definition) is 6. The average molecular weight is 418 g/mol. The zero-order chi connectivity index (χ0) is 22.1. The van der Waals surface area contributed by atoms with Crippen molar-refractivity contribution in [1.29, 1.82) is 0 Å². The molecule has 1 aliphatic carbocycles. The topological polar surface area (TPSA) is 120 Å². The maximum Gasteiger partial charge on any atom is 0.291 e. The van der Waals surface area contributed by atoms with Gasteiger partial charge in [0.15, 0.2) is 17.3 Å². The van der Waals surface area contributed by atoms with Crippen LogP contribution >= 0.6 is 0 Å². The molecule has 156 valence electrons. The lowest BCUT2D eigenvalue weighted by Gasteiger charge is -2.10. The van der Waals surface area contributed by atoms with Gasteiger partial charge in [-0.1, -0.05) is 30.3 Å². The van der Waals surface area contributed by atoms with Gasteiger partial charge in [-0.2, -0.15) is 0 Å². The minimum Gasteiger partial charge on any atom is -0.455 e. The third-order valence-corrected chi connectivity index (χ3v) is 5.26. The molecule has 4 rings (SSSR count). The van der Waals surface area contributed by atoms with Gasteiger partial charge >= 0.3 is 0 Å². The second kappa shape index (κ2) is 7.98. The molecule has 1 aliphatic rings. The highest BCUT2D eigenvalue weighted by Crippen LogP contribution is 2.31. The van der Waals surface area contributed by atoms with E-state index < -0.39 is 16.6 Å². The maximum atomic E-state index is 13.0. The number of rotatable bonds is 5. The van der Waals surface area contributed by atoms with Crippen LogP contribution < -0.4 is 5.32 Å². The van der Waals surface area contributed by atoms with Crippen molar-refractivity contribution < 1.29 is 23.7 Å². The van der Waals surface area contributed by atoms with Gasteiger partial charge in [-0.05, 0) is 19.4 Å². The Bertz CT molecular complexity index is 1230. The van der Waals surface area contributed by atoms with Crippen molar-refractivity contribution in [2.45, 2.75) is 26.2 Å². The summed E-state index contributed by atoms with van der Waals surface area (Å²) in [6, 6.07) is 11.9. The van der Waals surface area contributed by atoms with Crippen LogP contribution in [0.25, 0.3) is 0 Å². The number of fused-ring (bicyclic) bond motifs is 1. The van der Waals surface area contributed by atoms with Crippen LogP contribution in [-0.4, -0.2) is 22.4 Å². The highest BCUT2D eigenvalue weighted by molar-refractivity contribution is 6.16. The van der Waals surface area contributed by atoms with Crippen molar-refractivity contribution in [3.63, 3.8) is 0 Å². The standard InChI is InChI=1S/C23H18N2O6/c1-13-20-18(26)8-5-9-19(20)31-22(13)23(28)24-17-11-10-15(25(29)30)12-16(17)21(27)14-6-3-2-4-7-14/h2-4,6-7,10-12H,5,8-9H2,1H3,(H,24,28). The zero-order valence-corrected chi connectivity index (χ0v) is 16.6. The first-order valence-corrected chi connectivity index (χ1v) is 9.72. The molecular weight excluding hydrogens is 400 g/mol. The second-order valence-corrected chi connectivity index (χ2v) is 7.27. The Morgan fingerprint density at radius 3 is 2.52 bits per heavy atom. The zero-order valence-electron chi connectivity index (χ0n) is 16.6. The number of nitrogens with one attached hydrogen (secondary N) is 1. The predicted molar refractivity (Wildman–Crippen MR) is 112 cm³/mol. The first kappa shape index (κ1) is 20.2. The Balaban J connectivity index is 1.72. The summed E-state index contributed by atoms with van der Waals surface area (Å²) < 4.78 is 5.66. The lowest BCUT2D eigenvalue weighted by molar-refractivity contribution is -0.384. The lowest BCUT2D eigenvalue weighted by atomic mass is 9.94. The lowest BCUT2D eigenvalue weighted by Crippen LogP contribution is -2.16. The van der Waals surface area contributed by atoms with Crippen LogP contribution in [0.1, 0.15) is 61.0 Å². The van der Waals surface area contributed by atoms with E-state index in [1.165, 1.54) is 12.1 Å². The molecule has 31 heavy (non-hydrogen) atoms. The van der Waals surface area contributed by atoms with Gasteiger partial charge in [0.05, 0.1) is 21.7 Å². The van der Waals surface area contributed by atoms with Crippen LogP contribution in [0.5, 0.6) is 0 Å². The van der Waals surface area contributed by atoms with E-state index in [0.717, 1.165) is 6.07 Å². The molecule has 0 bridgehead atoms. The van der Waals surface area contributed by atoms with Crippen molar-refractivity contribution in [3.8, 4) is 0 Å². The molecule has 0 radical (unpaired) electrons. The molecule has 1 amide bonds. The average Bonchev–Trinajstić information content (AvgIpc) is 3.12. The van der Waals surface area contributed by atoms with E-state index in [-0.39, 0.29) is 28.5 Å². The molecule has 1 aromatic heterocycles. The van der Waals surface area contributed by atoms with Crippen LogP contribution in [0.15, 0.2) is 52.9 Å². The fraction of sp³-hybridized carbons (Fsp3) is 0.174. The number of nitro benzene ring substituents is 1. The van der Waals surface area contributed by atoms with Crippen molar-refractivity contribution in [2.24, 2.45) is 0 Å². The van der Waals surface area contributed by atoms with E-state index in [9.17, 15) is 24.5 Å². The number of ketones is 2. The van der Waals surface area contributed by atoms with Crippen molar-refractivity contribution in [2.75, 3.05) is 5.32 Å². The number of non-ortho nitro benzene ring substituents is 1. The van der Waals surface area contributed by atoms with E-state index in [1.54, 1.807) is 37.3 Å². The second-order valence-electron chi connectivity index (χ2n) is 7.27. The minimum atomic E-state index is -0.629. The van der Waals surface area contributed by atoms with Gasteiger partial charge in [-0.15, -0.1) is 0 Å². The van der Waals surface area contributed by atoms with E-state index in [2.05, 4.69) is 5.32 Å². The highest BCUT2D eigenvalue weighted by atomic mass is 16.6. The van der Waals surface area contributed by atoms with Crippen molar-refractivity contribution in [3.05, 3.63) is 92.4 Å². The first-order chi connectivity index (χ1) is 14.9. The van der Waals surface area contributed by atoms with Crippen LogP contribution in [-0.2, 0) is 6.42 Å². The summed E-state index contributed by atoms with van der Waals surface area (Å²) in [5.74, 6) is -0.669. The molecule has 8 nitrogen and oxygen atoms in total.